The standard InChI is InChI=1S/C11H14.C7H17N.C7H16.3C2H6.C2H2/c1-9-5-4-7-10-6-2-3-8-11(9)10;1-4-6-8(3)7-5-2;1-5-7(4)6(2)3;4*1-2/h4-5,7H,2-3,6,8H2,1H3;4-7H2,1-3H3;6-7H,5H2,1-4H3;3*1-2H3;1-2H. The van der Waals surface area contributed by atoms with Gasteiger partial charge in [0.15, 0.2) is 0 Å². The molecule has 0 saturated heterocycles. The fourth-order valence-electron chi connectivity index (χ4n) is 3.32. The van der Waals surface area contributed by atoms with Gasteiger partial charge in [0.1, 0.15) is 0 Å². The van der Waals surface area contributed by atoms with Crippen LogP contribution in [0.5, 0.6) is 0 Å². The highest BCUT2D eigenvalue weighted by molar-refractivity contribution is 5.35. The molecule has 0 saturated carbocycles. The molecule has 0 fully saturated rings. The van der Waals surface area contributed by atoms with Crippen LogP contribution in [0.4, 0.5) is 0 Å². The van der Waals surface area contributed by atoms with Crippen LogP contribution in [0.2, 0.25) is 0 Å². The van der Waals surface area contributed by atoms with Crippen LogP contribution >= 0.6 is 0 Å². The third kappa shape index (κ3) is 27.0. The molecular weight excluding hydrogens is 410 g/mol. The van der Waals surface area contributed by atoms with Crippen LogP contribution < -0.4 is 0 Å². The number of benzene rings is 1. The Labute approximate surface area is 219 Å². The molecule has 0 N–H and O–H groups in total. The fraction of sp³-hybridized carbons (Fsp3) is 0.758. The van der Waals surface area contributed by atoms with Gasteiger partial charge in [0.25, 0.3) is 0 Å². The van der Waals surface area contributed by atoms with Crippen LogP contribution in [-0.2, 0) is 12.8 Å². The molecule has 0 spiro atoms. The van der Waals surface area contributed by atoms with Crippen LogP contribution in [0, 0.1) is 31.6 Å². The Hall–Kier alpha value is -1.26. The van der Waals surface area contributed by atoms with E-state index in [2.05, 4.69) is 91.5 Å². The number of aryl methyl sites for hydroxylation is 2. The molecule has 0 aromatic heterocycles. The summed E-state index contributed by atoms with van der Waals surface area (Å²) in [6, 6.07) is 6.69. The Morgan fingerprint density at radius 1 is 0.794 bits per heavy atom. The Morgan fingerprint density at radius 2 is 1.24 bits per heavy atom. The summed E-state index contributed by atoms with van der Waals surface area (Å²) in [6.45, 7) is 30.2. The average molecular weight is 478 g/mol. The highest BCUT2D eigenvalue weighted by Crippen LogP contribution is 2.23. The predicted octanol–water partition coefficient (Wildman–Crippen LogP) is 10.6. The summed E-state index contributed by atoms with van der Waals surface area (Å²) in [5.41, 5.74) is 4.71. The van der Waals surface area contributed by atoms with Crippen molar-refractivity contribution in [1.82, 2.24) is 4.90 Å². The summed E-state index contributed by atoms with van der Waals surface area (Å²) in [4.78, 5) is 2.36. The van der Waals surface area contributed by atoms with E-state index in [4.69, 9.17) is 0 Å². The first-order valence-corrected chi connectivity index (χ1v) is 14.5. The highest BCUT2D eigenvalue weighted by atomic mass is 15.1. The molecule has 1 aliphatic carbocycles. The molecule has 0 heterocycles. The van der Waals surface area contributed by atoms with E-state index in [-0.39, 0.29) is 0 Å². The summed E-state index contributed by atoms with van der Waals surface area (Å²) < 4.78 is 0. The first-order chi connectivity index (χ1) is 16.4. The lowest BCUT2D eigenvalue weighted by atomic mass is 9.89. The molecule has 2 rings (SSSR count). The second-order valence-electron chi connectivity index (χ2n) is 8.35. The SMILES string of the molecule is C#C.CC.CC.CC.CCC(C)C(C)C.CCCN(C)CCC.Cc1cccc2c1CCCC2. The number of hydrogen-bond acceptors (Lipinski definition) is 1. The third-order valence-electron chi connectivity index (χ3n) is 5.62. The molecule has 0 radical (unpaired) electrons. The van der Waals surface area contributed by atoms with E-state index in [1.54, 1.807) is 11.1 Å². The zero-order chi connectivity index (χ0) is 27.9. The van der Waals surface area contributed by atoms with Gasteiger partial charge >= 0.3 is 0 Å². The zero-order valence-electron chi connectivity index (χ0n) is 26.4. The van der Waals surface area contributed by atoms with Gasteiger partial charge in [0, 0.05) is 0 Å². The quantitative estimate of drug-likeness (QED) is 0.368. The molecule has 1 heteroatoms. The molecule has 1 aromatic rings. The van der Waals surface area contributed by atoms with Gasteiger partial charge in [-0.15, -0.1) is 12.8 Å². The van der Waals surface area contributed by atoms with Crippen molar-refractivity contribution in [3.05, 3.63) is 34.9 Å². The van der Waals surface area contributed by atoms with E-state index in [1.807, 2.05) is 41.5 Å². The van der Waals surface area contributed by atoms with Crippen LogP contribution in [-0.4, -0.2) is 25.0 Å². The molecule has 1 unspecified atom stereocenters. The van der Waals surface area contributed by atoms with Crippen LogP contribution in [0.15, 0.2) is 18.2 Å². The first kappa shape index (κ1) is 42.9. The van der Waals surface area contributed by atoms with Crippen molar-refractivity contribution >= 4 is 0 Å². The van der Waals surface area contributed by atoms with Crippen molar-refractivity contribution in [2.24, 2.45) is 11.8 Å². The Morgan fingerprint density at radius 3 is 1.56 bits per heavy atom. The maximum atomic E-state index is 4.00. The van der Waals surface area contributed by atoms with Crippen molar-refractivity contribution in [3.8, 4) is 12.8 Å². The molecule has 0 amide bonds. The van der Waals surface area contributed by atoms with Crippen molar-refractivity contribution in [1.29, 1.82) is 0 Å². The molecular formula is C33H67N. The lowest BCUT2D eigenvalue weighted by Gasteiger charge is -2.17. The second kappa shape index (κ2) is 36.3. The largest absolute Gasteiger partial charge is 0.306 e. The number of rotatable bonds is 6. The Kier molecular flexibility index (Phi) is 45.8. The summed E-state index contributed by atoms with van der Waals surface area (Å²) in [7, 11) is 2.17. The molecule has 34 heavy (non-hydrogen) atoms. The summed E-state index contributed by atoms with van der Waals surface area (Å²) >= 11 is 0. The Bertz CT molecular complexity index is 481. The van der Waals surface area contributed by atoms with Gasteiger partial charge < -0.3 is 4.90 Å². The van der Waals surface area contributed by atoms with Crippen LogP contribution in [0.1, 0.15) is 132 Å². The second-order valence-corrected chi connectivity index (χ2v) is 8.35. The van der Waals surface area contributed by atoms with E-state index >= 15 is 0 Å². The third-order valence-corrected chi connectivity index (χ3v) is 5.62. The van der Waals surface area contributed by atoms with E-state index in [0.29, 0.717) is 0 Å². The number of terminal acetylenes is 1. The van der Waals surface area contributed by atoms with Crippen LogP contribution in [0.25, 0.3) is 0 Å². The van der Waals surface area contributed by atoms with Crippen molar-refractivity contribution in [2.75, 3.05) is 20.1 Å². The highest BCUT2D eigenvalue weighted by Gasteiger charge is 2.09. The lowest BCUT2D eigenvalue weighted by Crippen LogP contribution is -2.19. The van der Waals surface area contributed by atoms with Crippen molar-refractivity contribution in [3.63, 3.8) is 0 Å². The van der Waals surface area contributed by atoms with Gasteiger partial charge in [-0.25, -0.2) is 0 Å². The van der Waals surface area contributed by atoms with E-state index in [0.717, 1.165) is 11.8 Å². The summed E-state index contributed by atoms with van der Waals surface area (Å²) in [6.07, 6.45) is 17.2. The van der Waals surface area contributed by atoms with Gasteiger partial charge in [-0.1, -0.05) is 108 Å². The van der Waals surface area contributed by atoms with Gasteiger partial charge in [0.05, 0.1) is 0 Å². The normalized spacial score (nSPS) is 11.4. The fourth-order valence-corrected chi connectivity index (χ4v) is 3.32. The van der Waals surface area contributed by atoms with Gasteiger partial charge in [-0.05, 0) is 94.1 Å². The van der Waals surface area contributed by atoms with Gasteiger partial charge in [-0.3, -0.25) is 0 Å². The van der Waals surface area contributed by atoms with Gasteiger partial charge in [-0.2, -0.15) is 0 Å². The van der Waals surface area contributed by atoms with Crippen LogP contribution in [0.3, 0.4) is 0 Å². The maximum absolute atomic E-state index is 4.00. The molecule has 0 aliphatic heterocycles. The topological polar surface area (TPSA) is 3.24 Å². The van der Waals surface area contributed by atoms with E-state index < -0.39 is 0 Å². The smallest absolute Gasteiger partial charge is 0.00244 e. The number of fused-ring (bicyclic) bond motifs is 1. The van der Waals surface area contributed by atoms with Crippen molar-refractivity contribution < 1.29 is 0 Å². The minimum atomic E-state index is 0.866. The van der Waals surface area contributed by atoms with E-state index in [9.17, 15) is 0 Å². The Balaban J connectivity index is -0.000000110. The monoisotopic (exact) mass is 478 g/mol. The molecule has 1 nitrogen and oxygen atoms in total. The number of hydrogen-bond donors (Lipinski definition) is 0. The predicted molar refractivity (Wildman–Crippen MR) is 164 cm³/mol. The first-order valence-electron chi connectivity index (χ1n) is 14.5. The molecule has 204 valence electrons. The average Bonchev–Trinajstić information content (AvgIpc) is 2.90. The minimum Gasteiger partial charge on any atom is -0.306 e. The summed E-state index contributed by atoms with van der Waals surface area (Å²) in [5.74, 6) is 1.77. The zero-order valence-corrected chi connectivity index (χ0v) is 26.4. The van der Waals surface area contributed by atoms with Crippen molar-refractivity contribution in [2.45, 2.75) is 135 Å². The molecule has 1 aromatic carbocycles. The maximum Gasteiger partial charge on any atom is -0.00244 e. The lowest BCUT2D eigenvalue weighted by molar-refractivity contribution is 0.335. The molecule has 1 aliphatic rings. The summed E-state index contributed by atoms with van der Waals surface area (Å²) in [5, 5.41) is 0. The molecule has 0 bridgehead atoms. The molecule has 1 atom stereocenters. The minimum absolute atomic E-state index is 0.866. The number of nitrogens with zero attached hydrogens (tertiary/aromatic N) is 1. The van der Waals surface area contributed by atoms with E-state index in [1.165, 1.54) is 63.6 Å². The van der Waals surface area contributed by atoms with Gasteiger partial charge in [0.2, 0.25) is 0 Å².